The zero-order valence-corrected chi connectivity index (χ0v) is 15.9. The summed E-state index contributed by atoms with van der Waals surface area (Å²) in [5.74, 6) is 2.64. The molecule has 0 N–H and O–H groups in total. The maximum atomic E-state index is 12.7. The molecular formula is C21H19F3N2O4. The van der Waals surface area contributed by atoms with Crippen molar-refractivity contribution in [2.24, 2.45) is 0 Å². The number of pyridine rings is 1. The van der Waals surface area contributed by atoms with Crippen LogP contribution >= 0.6 is 0 Å². The third-order valence-corrected chi connectivity index (χ3v) is 4.23. The summed E-state index contributed by atoms with van der Waals surface area (Å²) in [5, 5.41) is 0. The molecule has 0 bridgehead atoms. The third kappa shape index (κ3) is 6.12. The van der Waals surface area contributed by atoms with Gasteiger partial charge in [-0.1, -0.05) is 12.0 Å². The van der Waals surface area contributed by atoms with E-state index in [1.165, 1.54) is 18.3 Å². The van der Waals surface area contributed by atoms with Crippen LogP contribution in [0.1, 0.15) is 15.9 Å². The van der Waals surface area contributed by atoms with E-state index in [1.54, 1.807) is 29.2 Å². The van der Waals surface area contributed by atoms with Gasteiger partial charge in [-0.05, 0) is 24.3 Å². The molecule has 0 radical (unpaired) electrons. The van der Waals surface area contributed by atoms with Crippen LogP contribution in [0.4, 0.5) is 13.2 Å². The number of aromatic nitrogens is 1. The number of nitrogens with zero attached hydrogens (tertiary/aromatic N) is 2. The van der Waals surface area contributed by atoms with Gasteiger partial charge in [-0.25, -0.2) is 4.98 Å². The summed E-state index contributed by atoms with van der Waals surface area (Å²) in [6.45, 7) is -0.179. The van der Waals surface area contributed by atoms with Crippen molar-refractivity contribution in [3.05, 3.63) is 53.7 Å². The van der Waals surface area contributed by atoms with Gasteiger partial charge in [0.15, 0.2) is 6.61 Å². The van der Waals surface area contributed by atoms with Crippen molar-refractivity contribution in [3.8, 4) is 24.0 Å². The Morgan fingerprint density at radius 1 is 1.30 bits per heavy atom. The van der Waals surface area contributed by atoms with E-state index < -0.39 is 12.8 Å². The van der Waals surface area contributed by atoms with Crippen molar-refractivity contribution in [1.82, 2.24) is 9.88 Å². The predicted molar refractivity (Wildman–Crippen MR) is 101 cm³/mol. The topological polar surface area (TPSA) is 60.9 Å². The number of terminal acetylenes is 1. The van der Waals surface area contributed by atoms with Gasteiger partial charge in [0.05, 0.1) is 18.7 Å². The van der Waals surface area contributed by atoms with Crippen molar-refractivity contribution < 1.29 is 32.2 Å². The van der Waals surface area contributed by atoms with Gasteiger partial charge in [0.1, 0.15) is 18.5 Å². The molecule has 0 saturated carbocycles. The van der Waals surface area contributed by atoms with Crippen LogP contribution in [0.2, 0.25) is 0 Å². The van der Waals surface area contributed by atoms with Gasteiger partial charge in [-0.2, -0.15) is 13.2 Å². The first-order chi connectivity index (χ1) is 14.3. The highest BCUT2D eigenvalue weighted by atomic mass is 19.4. The number of hydrogen-bond donors (Lipinski definition) is 0. The Hall–Kier alpha value is -3.25. The molecule has 9 heteroatoms. The molecule has 1 saturated heterocycles. The third-order valence-electron chi connectivity index (χ3n) is 4.23. The highest BCUT2D eigenvalue weighted by Crippen LogP contribution is 2.18. The molecule has 3 rings (SSSR count). The second kappa shape index (κ2) is 9.50. The summed E-state index contributed by atoms with van der Waals surface area (Å²) in [5.41, 5.74) is 0.946. The van der Waals surface area contributed by atoms with Crippen LogP contribution in [-0.4, -0.2) is 61.0 Å². The molecule has 1 aromatic carbocycles. The molecule has 1 aliphatic heterocycles. The molecule has 2 aromatic rings. The molecule has 1 aromatic heterocycles. The fourth-order valence-corrected chi connectivity index (χ4v) is 2.80. The number of carbonyl (C=O) groups excluding carboxylic acids is 1. The highest BCUT2D eigenvalue weighted by Gasteiger charge is 2.29. The normalized spacial score (nSPS) is 16.6. The second-order valence-electron chi connectivity index (χ2n) is 6.52. The molecule has 6 nitrogen and oxygen atoms in total. The number of morpholine rings is 1. The average molecular weight is 420 g/mol. The number of rotatable bonds is 6. The molecule has 1 unspecified atom stereocenters. The highest BCUT2D eigenvalue weighted by molar-refractivity contribution is 5.94. The SMILES string of the molecule is C#Cc1cccc(OCC2CN(C(=O)c3ccc(OCC(F)(F)F)nc3)CCO2)c1. The van der Waals surface area contributed by atoms with Crippen molar-refractivity contribution in [3.63, 3.8) is 0 Å². The Kier molecular flexibility index (Phi) is 6.79. The Labute approximate surface area is 171 Å². The predicted octanol–water partition coefficient (Wildman–Crippen LogP) is 2.92. The maximum absolute atomic E-state index is 12.7. The average Bonchev–Trinajstić information content (AvgIpc) is 2.76. The van der Waals surface area contributed by atoms with Gasteiger partial charge in [0, 0.05) is 24.4 Å². The number of halogens is 3. The van der Waals surface area contributed by atoms with E-state index in [1.807, 2.05) is 0 Å². The maximum Gasteiger partial charge on any atom is 0.422 e. The molecule has 1 fully saturated rings. The summed E-state index contributed by atoms with van der Waals surface area (Å²) in [6.07, 6.45) is 1.78. The fourth-order valence-electron chi connectivity index (χ4n) is 2.80. The van der Waals surface area contributed by atoms with Crippen molar-refractivity contribution in [1.29, 1.82) is 0 Å². The van der Waals surface area contributed by atoms with Crippen LogP contribution in [-0.2, 0) is 4.74 Å². The minimum absolute atomic E-state index is 0.202. The minimum atomic E-state index is -4.46. The number of hydrogen-bond acceptors (Lipinski definition) is 5. The van der Waals surface area contributed by atoms with Gasteiger partial charge in [-0.15, -0.1) is 6.42 Å². The lowest BCUT2D eigenvalue weighted by Crippen LogP contribution is -2.47. The number of amides is 1. The summed E-state index contributed by atoms with van der Waals surface area (Å²) >= 11 is 0. The number of carbonyl (C=O) groups is 1. The smallest absolute Gasteiger partial charge is 0.422 e. The first-order valence-corrected chi connectivity index (χ1v) is 9.10. The Morgan fingerprint density at radius 2 is 2.13 bits per heavy atom. The van der Waals surface area contributed by atoms with E-state index in [4.69, 9.17) is 15.9 Å². The minimum Gasteiger partial charge on any atom is -0.491 e. The van der Waals surface area contributed by atoms with E-state index in [9.17, 15) is 18.0 Å². The molecule has 158 valence electrons. The largest absolute Gasteiger partial charge is 0.491 e. The summed E-state index contributed by atoms with van der Waals surface area (Å²) in [4.78, 5) is 18.0. The number of ether oxygens (including phenoxy) is 3. The first kappa shape index (κ1) is 21.5. The van der Waals surface area contributed by atoms with E-state index in [0.29, 0.717) is 31.0 Å². The van der Waals surface area contributed by atoms with Crippen LogP contribution in [0.25, 0.3) is 0 Å². The van der Waals surface area contributed by atoms with Crippen LogP contribution in [0, 0.1) is 12.3 Å². The summed E-state index contributed by atoms with van der Waals surface area (Å²) in [6, 6.07) is 9.71. The van der Waals surface area contributed by atoms with Crippen molar-refractivity contribution in [2.75, 3.05) is 32.9 Å². The zero-order chi connectivity index (χ0) is 21.6. The van der Waals surface area contributed by atoms with Crippen LogP contribution < -0.4 is 9.47 Å². The molecule has 2 heterocycles. The lowest BCUT2D eigenvalue weighted by Gasteiger charge is -2.32. The Morgan fingerprint density at radius 3 is 2.83 bits per heavy atom. The fraction of sp³-hybridized carbons (Fsp3) is 0.333. The van der Waals surface area contributed by atoms with Crippen LogP contribution in [0.3, 0.4) is 0 Å². The summed E-state index contributed by atoms with van der Waals surface area (Å²) < 4.78 is 52.5. The van der Waals surface area contributed by atoms with Crippen molar-refractivity contribution in [2.45, 2.75) is 12.3 Å². The number of alkyl halides is 3. The van der Waals surface area contributed by atoms with Gasteiger partial charge < -0.3 is 19.1 Å². The zero-order valence-electron chi connectivity index (χ0n) is 15.9. The lowest BCUT2D eigenvalue weighted by atomic mass is 10.2. The Balaban J connectivity index is 1.54. The molecule has 0 spiro atoms. The molecule has 0 aliphatic carbocycles. The quantitative estimate of drug-likeness (QED) is 0.673. The molecule has 1 atom stereocenters. The molecule has 1 amide bonds. The van der Waals surface area contributed by atoms with Crippen LogP contribution in [0.15, 0.2) is 42.6 Å². The second-order valence-corrected chi connectivity index (χ2v) is 6.52. The molecular weight excluding hydrogens is 401 g/mol. The molecule has 30 heavy (non-hydrogen) atoms. The van der Waals surface area contributed by atoms with Crippen LogP contribution in [0.5, 0.6) is 11.6 Å². The Bertz CT molecular complexity index is 910. The van der Waals surface area contributed by atoms with Gasteiger partial charge in [0.25, 0.3) is 5.91 Å². The lowest BCUT2D eigenvalue weighted by molar-refractivity contribution is -0.154. The monoisotopic (exact) mass is 420 g/mol. The van der Waals surface area contributed by atoms with Gasteiger partial charge >= 0.3 is 6.18 Å². The molecule has 1 aliphatic rings. The van der Waals surface area contributed by atoms with E-state index in [2.05, 4.69) is 15.6 Å². The van der Waals surface area contributed by atoms with E-state index in [0.717, 1.165) is 0 Å². The standard InChI is InChI=1S/C21H19F3N2O4/c1-2-15-4-3-5-17(10-15)29-13-18-12-26(8-9-28-18)20(27)16-6-7-19(25-11-16)30-14-21(22,23)24/h1,3-7,10-11,18H,8-9,12-14H2. The van der Waals surface area contributed by atoms with Gasteiger partial charge in [0.2, 0.25) is 5.88 Å². The van der Waals surface area contributed by atoms with E-state index in [-0.39, 0.29) is 30.1 Å². The number of benzene rings is 1. The summed E-state index contributed by atoms with van der Waals surface area (Å²) in [7, 11) is 0. The van der Waals surface area contributed by atoms with Crippen molar-refractivity contribution >= 4 is 5.91 Å². The van der Waals surface area contributed by atoms with Gasteiger partial charge in [-0.3, -0.25) is 4.79 Å². The first-order valence-electron chi connectivity index (χ1n) is 9.10. The van der Waals surface area contributed by atoms with E-state index >= 15 is 0 Å².